The third-order valence-corrected chi connectivity index (χ3v) is 5.52. The summed E-state index contributed by atoms with van der Waals surface area (Å²) < 4.78 is 0. The average Bonchev–Trinajstić information content (AvgIpc) is 2.68. The summed E-state index contributed by atoms with van der Waals surface area (Å²) in [4.78, 5) is 28.2. The van der Waals surface area contributed by atoms with E-state index in [0.717, 1.165) is 23.4 Å². The van der Waals surface area contributed by atoms with Crippen LogP contribution in [0.4, 0.5) is 5.69 Å². The summed E-state index contributed by atoms with van der Waals surface area (Å²) in [6.07, 6.45) is 3.63. The highest BCUT2D eigenvalue weighted by Crippen LogP contribution is 2.22. The van der Waals surface area contributed by atoms with Crippen molar-refractivity contribution in [2.24, 2.45) is 5.92 Å². The Morgan fingerprint density at radius 3 is 2.46 bits per heavy atom. The van der Waals surface area contributed by atoms with E-state index in [2.05, 4.69) is 5.32 Å². The second-order valence-corrected chi connectivity index (χ2v) is 7.63. The van der Waals surface area contributed by atoms with Crippen molar-refractivity contribution in [1.82, 2.24) is 4.90 Å². The molecule has 1 saturated heterocycles. The highest BCUT2D eigenvalue weighted by atomic mass is 35.5. The van der Waals surface area contributed by atoms with Gasteiger partial charge in [0.1, 0.15) is 0 Å². The van der Waals surface area contributed by atoms with E-state index in [0.29, 0.717) is 23.7 Å². The quantitative estimate of drug-likeness (QED) is 0.781. The molecule has 2 amide bonds. The van der Waals surface area contributed by atoms with Crippen molar-refractivity contribution in [2.75, 3.05) is 24.7 Å². The van der Waals surface area contributed by atoms with Crippen molar-refractivity contribution in [3.8, 4) is 0 Å². The van der Waals surface area contributed by atoms with Gasteiger partial charge in [-0.2, -0.15) is 0 Å². The first-order chi connectivity index (χ1) is 12.6. The van der Waals surface area contributed by atoms with Crippen LogP contribution in [0.2, 0.25) is 5.02 Å². The van der Waals surface area contributed by atoms with Gasteiger partial charge in [-0.25, -0.2) is 0 Å². The van der Waals surface area contributed by atoms with Gasteiger partial charge in [0.2, 0.25) is 5.91 Å². The molecule has 1 aliphatic rings. The highest BCUT2D eigenvalue weighted by molar-refractivity contribution is 7.98. The second-order valence-electron chi connectivity index (χ2n) is 6.31. The first kappa shape index (κ1) is 18.8. The molecule has 0 bridgehead atoms. The Hall–Kier alpha value is -1.98. The number of benzene rings is 2. The van der Waals surface area contributed by atoms with Crippen LogP contribution >= 0.6 is 23.4 Å². The molecule has 0 spiro atoms. The zero-order valence-corrected chi connectivity index (χ0v) is 16.1. The van der Waals surface area contributed by atoms with E-state index in [9.17, 15) is 9.59 Å². The van der Waals surface area contributed by atoms with Gasteiger partial charge in [0.05, 0.1) is 5.92 Å². The van der Waals surface area contributed by atoms with Gasteiger partial charge in [0.25, 0.3) is 5.91 Å². The SMILES string of the molecule is CSc1ccc(NC(=O)[C@@H]2CCCN(C(=O)c3ccc(Cl)cc3)C2)cc1. The minimum absolute atomic E-state index is 0.0319. The van der Waals surface area contributed by atoms with Crippen LogP contribution in [0.5, 0.6) is 0 Å². The van der Waals surface area contributed by atoms with Gasteiger partial charge in [-0.1, -0.05) is 11.6 Å². The molecule has 0 unspecified atom stereocenters. The number of carbonyl (C=O) groups excluding carboxylic acids is 2. The third-order valence-electron chi connectivity index (χ3n) is 4.53. The summed E-state index contributed by atoms with van der Waals surface area (Å²) in [5.74, 6) is -0.278. The lowest BCUT2D eigenvalue weighted by atomic mass is 9.96. The maximum atomic E-state index is 12.7. The standard InChI is InChI=1S/C20H21ClN2O2S/c1-26-18-10-8-17(9-11-18)22-19(24)15-3-2-12-23(13-15)20(25)14-4-6-16(21)7-5-14/h4-11,15H,2-3,12-13H2,1H3,(H,22,24)/t15-/m1/s1. The molecule has 2 aromatic rings. The summed E-state index contributed by atoms with van der Waals surface area (Å²) in [7, 11) is 0. The van der Waals surface area contributed by atoms with Gasteiger partial charge in [0, 0.05) is 34.3 Å². The molecule has 0 saturated carbocycles. The first-order valence-electron chi connectivity index (χ1n) is 8.56. The van der Waals surface area contributed by atoms with Crippen LogP contribution in [0.25, 0.3) is 0 Å². The monoisotopic (exact) mass is 388 g/mol. The molecule has 6 heteroatoms. The summed E-state index contributed by atoms with van der Waals surface area (Å²) >= 11 is 7.55. The number of piperidine rings is 1. The van der Waals surface area contributed by atoms with Crippen LogP contribution in [0.3, 0.4) is 0 Å². The molecular formula is C20H21ClN2O2S. The Morgan fingerprint density at radius 2 is 1.81 bits per heavy atom. The zero-order chi connectivity index (χ0) is 18.5. The van der Waals surface area contributed by atoms with E-state index in [1.807, 2.05) is 30.5 Å². The van der Waals surface area contributed by atoms with Crippen molar-refractivity contribution in [3.05, 3.63) is 59.1 Å². The number of carbonyl (C=O) groups is 2. The number of hydrogen-bond donors (Lipinski definition) is 1. The Balaban J connectivity index is 1.62. The molecule has 26 heavy (non-hydrogen) atoms. The van der Waals surface area contributed by atoms with Crippen LogP contribution in [0, 0.1) is 5.92 Å². The predicted molar refractivity (Wildman–Crippen MR) is 107 cm³/mol. The van der Waals surface area contributed by atoms with Gasteiger partial charge in [0.15, 0.2) is 0 Å². The van der Waals surface area contributed by atoms with Crippen molar-refractivity contribution in [3.63, 3.8) is 0 Å². The first-order valence-corrected chi connectivity index (χ1v) is 10.2. The largest absolute Gasteiger partial charge is 0.338 e. The van der Waals surface area contributed by atoms with Crippen LogP contribution in [0.1, 0.15) is 23.2 Å². The summed E-state index contributed by atoms with van der Waals surface area (Å²) in [6.45, 7) is 1.11. The highest BCUT2D eigenvalue weighted by Gasteiger charge is 2.29. The summed E-state index contributed by atoms with van der Waals surface area (Å²) in [5, 5.41) is 3.57. The van der Waals surface area contributed by atoms with Gasteiger partial charge >= 0.3 is 0 Å². The van der Waals surface area contributed by atoms with Crippen molar-refractivity contribution < 1.29 is 9.59 Å². The molecule has 1 heterocycles. The number of nitrogens with one attached hydrogen (secondary N) is 1. The lowest BCUT2D eigenvalue weighted by Crippen LogP contribution is -2.43. The average molecular weight is 389 g/mol. The molecule has 136 valence electrons. The Labute approximate surface area is 162 Å². The molecule has 1 N–H and O–H groups in total. The molecular weight excluding hydrogens is 368 g/mol. The third kappa shape index (κ3) is 4.59. The molecule has 0 aliphatic carbocycles. The molecule has 0 radical (unpaired) electrons. The smallest absolute Gasteiger partial charge is 0.253 e. The number of likely N-dealkylation sites (tertiary alicyclic amines) is 1. The fourth-order valence-corrected chi connectivity index (χ4v) is 3.60. The zero-order valence-electron chi connectivity index (χ0n) is 14.6. The van der Waals surface area contributed by atoms with E-state index in [4.69, 9.17) is 11.6 Å². The molecule has 1 aliphatic heterocycles. The van der Waals surface area contributed by atoms with Crippen molar-refractivity contribution in [1.29, 1.82) is 0 Å². The number of nitrogens with zero attached hydrogens (tertiary/aromatic N) is 1. The van der Waals surface area contributed by atoms with Crippen LogP contribution in [-0.2, 0) is 4.79 Å². The van der Waals surface area contributed by atoms with Crippen molar-refractivity contribution in [2.45, 2.75) is 17.7 Å². The van der Waals surface area contributed by atoms with E-state index in [-0.39, 0.29) is 17.7 Å². The topological polar surface area (TPSA) is 49.4 Å². The van der Waals surface area contributed by atoms with Crippen LogP contribution < -0.4 is 5.32 Å². The molecule has 0 aromatic heterocycles. The number of amides is 2. The predicted octanol–water partition coefficient (Wildman–Crippen LogP) is 4.55. The fraction of sp³-hybridized carbons (Fsp3) is 0.300. The lowest BCUT2D eigenvalue weighted by molar-refractivity contribution is -0.121. The van der Waals surface area contributed by atoms with E-state index >= 15 is 0 Å². The summed E-state index contributed by atoms with van der Waals surface area (Å²) in [5.41, 5.74) is 1.39. The molecule has 3 rings (SSSR count). The van der Waals surface area contributed by atoms with Crippen LogP contribution in [-0.4, -0.2) is 36.1 Å². The number of halogens is 1. The van der Waals surface area contributed by atoms with E-state index in [1.165, 1.54) is 0 Å². The summed E-state index contributed by atoms with van der Waals surface area (Å²) in [6, 6.07) is 14.6. The normalized spacial score (nSPS) is 17.0. The van der Waals surface area contributed by atoms with Crippen LogP contribution in [0.15, 0.2) is 53.4 Å². The minimum atomic E-state index is -0.194. The van der Waals surface area contributed by atoms with Crippen molar-refractivity contribution >= 4 is 40.9 Å². The Morgan fingerprint density at radius 1 is 1.12 bits per heavy atom. The maximum Gasteiger partial charge on any atom is 0.253 e. The molecule has 2 aromatic carbocycles. The number of anilines is 1. The fourth-order valence-electron chi connectivity index (χ4n) is 3.07. The number of hydrogen-bond acceptors (Lipinski definition) is 3. The number of thioether (sulfide) groups is 1. The van der Waals surface area contributed by atoms with E-state index in [1.54, 1.807) is 40.9 Å². The molecule has 1 fully saturated rings. The van der Waals surface area contributed by atoms with Gasteiger partial charge in [-0.3, -0.25) is 9.59 Å². The Kier molecular flexibility index (Phi) is 6.22. The second kappa shape index (κ2) is 8.60. The van der Waals surface area contributed by atoms with Gasteiger partial charge < -0.3 is 10.2 Å². The molecule has 1 atom stereocenters. The van der Waals surface area contributed by atoms with Gasteiger partial charge in [-0.05, 0) is 67.6 Å². The minimum Gasteiger partial charge on any atom is -0.338 e. The maximum absolute atomic E-state index is 12.7. The lowest BCUT2D eigenvalue weighted by Gasteiger charge is -2.32. The number of rotatable bonds is 4. The van der Waals surface area contributed by atoms with Gasteiger partial charge in [-0.15, -0.1) is 11.8 Å². The van der Waals surface area contributed by atoms with E-state index < -0.39 is 0 Å². The molecule has 4 nitrogen and oxygen atoms in total. The Bertz CT molecular complexity index is 777.